The number of halogens is 9. The van der Waals surface area contributed by atoms with E-state index in [1.54, 1.807) is 25.2 Å². The van der Waals surface area contributed by atoms with Gasteiger partial charge in [-0.15, -0.1) is 0 Å². The summed E-state index contributed by atoms with van der Waals surface area (Å²) in [5.41, 5.74) is 3.62. The molecule has 3 N–H and O–H groups in total. The Morgan fingerprint density at radius 1 is 0.398 bits per heavy atom. The molecule has 640 valence electrons. The third kappa shape index (κ3) is 45.7. The molecule has 1 aliphatic rings. The van der Waals surface area contributed by atoms with E-state index >= 15 is 0 Å². The number of unbranched alkanes of at least 4 members (excludes halogenated alkanes) is 39. The Morgan fingerprint density at radius 2 is 0.655 bits per heavy atom. The standard InChI is InChI=1S/C29H51Cl2N4O4P.C21H35Cl2N4O4P.C21H34Cl2N4O.C6H3Cl2N3.CH3F/c1-28(2,3)38-40(36,39-29(4,5)6)37-22-20-18-16-14-12-10-8-7-9-11-13-15-17-19-21-35-23-32-26-24(35)25(30)33-27(31)34-26;22-19-18-20(26-21(23)25-19)24-17-27(18)15-13-11-9-7-5-3-1-2-4-6-8-10-12-14-16-31-32(28,29)30;22-19-18-20(26-21(23)25-19)24-17-27(18)15-13-11-9-7-5-3-1-2-4-6-8-10-12-14-16-28;7-4-3-1-2-9-5(3)11-6(8)10-4;1-2/h23H,7-22H2,1-6H3;17H,1-16H2,(H2,28,29,30);17,28H,1-16H2;2H,1H2;1H3/i;;;;1D. The predicted molar refractivity (Wildman–Crippen MR) is 461 cm³/mol. The van der Waals surface area contributed by atoms with Gasteiger partial charge in [0.1, 0.15) is 21.7 Å². The van der Waals surface area contributed by atoms with Gasteiger partial charge in [-0.05, 0) is 126 Å². The van der Waals surface area contributed by atoms with Gasteiger partial charge in [0, 0.05) is 44.4 Å². The minimum absolute atomic E-state index is 0.122. The first-order valence-electron chi connectivity index (χ1n) is 41.4. The zero-order valence-electron chi connectivity index (χ0n) is 68.5. The highest BCUT2D eigenvalue weighted by molar-refractivity contribution is 7.48. The van der Waals surface area contributed by atoms with Gasteiger partial charge in [0.25, 0.3) is 0 Å². The van der Waals surface area contributed by atoms with Crippen molar-refractivity contribution in [1.82, 2.24) is 68.5 Å². The van der Waals surface area contributed by atoms with Gasteiger partial charge in [0.05, 0.1) is 51.9 Å². The van der Waals surface area contributed by atoms with Crippen molar-refractivity contribution in [3.63, 3.8) is 0 Å². The molecular weight excluding hydrogens is 1660 g/mol. The molecule has 0 fully saturated rings. The van der Waals surface area contributed by atoms with E-state index in [2.05, 4.69) is 64.3 Å². The molecule has 113 heavy (non-hydrogen) atoms. The topological polar surface area (TPSA) is 301 Å². The number of hydrogen-bond acceptors (Lipinski definition) is 19. The Bertz CT molecular complexity index is 3880. The van der Waals surface area contributed by atoms with Crippen molar-refractivity contribution < 1.29 is 47.9 Å². The fraction of sp³-hybridized carbons (Fsp3) is 0.744. The van der Waals surface area contributed by atoms with Crippen molar-refractivity contribution in [2.45, 2.75) is 348 Å². The van der Waals surface area contributed by atoms with Crippen LogP contribution in [0, 0.1) is 0 Å². The van der Waals surface area contributed by atoms with Crippen LogP contribution < -0.4 is 0 Å². The number of nitrogens with zero attached hydrogens (tertiary/aromatic N) is 15. The molecule has 0 atom stereocenters. The van der Waals surface area contributed by atoms with Gasteiger partial charge in [-0.3, -0.25) is 22.5 Å². The number of aliphatic hydroxyl groups excluding tert-OH is 1. The van der Waals surface area contributed by atoms with Crippen molar-refractivity contribution in [3.8, 4) is 0 Å². The summed E-state index contributed by atoms with van der Waals surface area (Å²) in [6.45, 7) is 14.6. The minimum atomic E-state index is -4.29. The Labute approximate surface area is 712 Å². The molecule has 24 nitrogen and oxygen atoms in total. The lowest BCUT2D eigenvalue weighted by molar-refractivity contribution is 0.00293. The van der Waals surface area contributed by atoms with Crippen molar-refractivity contribution in [2.75, 3.05) is 27.0 Å². The van der Waals surface area contributed by atoms with Crippen LogP contribution in [-0.2, 0) is 53.3 Å². The minimum Gasteiger partial charge on any atom is -0.396 e. The summed E-state index contributed by atoms with van der Waals surface area (Å²) < 4.78 is 66.5. The molecule has 0 saturated heterocycles. The van der Waals surface area contributed by atoms with Crippen LogP contribution in [0.1, 0.15) is 318 Å². The summed E-state index contributed by atoms with van der Waals surface area (Å²) in [7, 11) is -8.88. The maximum atomic E-state index is 13.0. The zero-order chi connectivity index (χ0) is 83.5. The molecule has 0 amide bonds. The van der Waals surface area contributed by atoms with Crippen molar-refractivity contribution in [2.24, 2.45) is 4.99 Å². The van der Waals surface area contributed by atoms with E-state index in [1.165, 1.54) is 212 Å². The second-order valence-corrected chi connectivity index (χ2v) is 35.9. The number of imidazole rings is 3. The van der Waals surface area contributed by atoms with Gasteiger partial charge in [-0.25, -0.2) is 49.0 Å². The molecule has 7 aromatic rings. The number of phosphoric ester groups is 2. The summed E-state index contributed by atoms with van der Waals surface area (Å²) in [5, 5.41) is 10.8. The monoisotopic (exact) mass is 1780 g/mol. The number of phosphoric acid groups is 2. The largest absolute Gasteiger partial charge is 0.475 e. The van der Waals surface area contributed by atoms with Crippen LogP contribution in [0.5, 0.6) is 0 Å². The zero-order valence-corrected chi connectivity index (χ0v) is 75.3. The molecule has 0 aliphatic carbocycles. The average Bonchev–Trinajstić information content (AvgIpc) is 1.66. The van der Waals surface area contributed by atoms with E-state index in [-0.39, 0.29) is 27.7 Å². The summed E-state index contributed by atoms with van der Waals surface area (Å²) in [6, 6.07) is 0. The molecule has 8 rings (SSSR count). The third-order valence-corrected chi connectivity index (χ3v) is 22.6. The number of fused-ring (bicyclic) bond motifs is 4. The first kappa shape index (κ1) is 100. The maximum absolute atomic E-state index is 13.0. The normalized spacial score (nSPS) is 12.4. The van der Waals surface area contributed by atoms with Crippen LogP contribution in [-0.4, -0.2) is 128 Å². The summed E-state index contributed by atoms with van der Waals surface area (Å²) in [5.74, 6) is 0.593. The number of hydrogen-bond donors (Lipinski definition) is 3. The molecule has 0 bridgehead atoms. The number of aryl methyl sites for hydroxylation is 3. The Kier molecular flexibility index (Phi) is 52.1. The second-order valence-electron chi connectivity index (χ2n) is 30.4. The van der Waals surface area contributed by atoms with Gasteiger partial charge in [0.2, 0.25) is 21.1 Å². The quantitative estimate of drug-likeness (QED) is 0.0138. The Morgan fingerprint density at radius 3 is 0.938 bits per heavy atom. The number of alkyl halides is 1. The molecule has 8 heterocycles. The number of rotatable bonds is 54. The molecule has 0 unspecified atom stereocenters. The van der Waals surface area contributed by atoms with Crippen LogP contribution in [0.3, 0.4) is 0 Å². The van der Waals surface area contributed by atoms with Gasteiger partial charge in [-0.2, -0.15) is 19.9 Å². The maximum Gasteiger partial charge on any atom is 0.475 e. The van der Waals surface area contributed by atoms with Crippen molar-refractivity contribution >= 4 is 154 Å². The fourth-order valence-corrected chi connectivity index (χ4v) is 16.9. The number of aliphatic hydroxyl groups is 1. The lowest BCUT2D eigenvalue weighted by Crippen LogP contribution is -2.24. The van der Waals surface area contributed by atoms with E-state index < -0.39 is 34.0 Å². The van der Waals surface area contributed by atoms with Crippen LogP contribution in [0.4, 0.5) is 10.2 Å². The second kappa shape index (κ2) is 58.7. The van der Waals surface area contributed by atoms with E-state index in [4.69, 9.17) is 123 Å². The summed E-state index contributed by atoms with van der Waals surface area (Å²) in [6.07, 6.45) is 59.1. The molecular formula is C78H126Cl8FN15O9P2. The van der Waals surface area contributed by atoms with Crippen LogP contribution in [0.25, 0.3) is 33.5 Å². The average molecular weight is 1780 g/mol. The summed E-state index contributed by atoms with van der Waals surface area (Å²) >= 11 is 47.4. The SMILES string of the molecule is CC(C)(C)OP(=O)(OCCCCCCCCCCCCCCCCn1cnc2nc(Cl)nc(Cl)c21)OC(C)(C)C.Clc1nc(Cl)c2c(n1)N=CC2.O=P(O)(O)OCCCCCCCCCCCCCCCCn1cnc2nc(Cl)nc(Cl)c21.OCCCCCCCCCCCCCCCCn1cnc2nc(Cl)nc(Cl)c21.[2H]CF. The molecule has 0 aromatic carbocycles. The number of aromatic nitrogens is 14. The van der Waals surface area contributed by atoms with Crippen LogP contribution in [0.15, 0.2) is 24.0 Å². The predicted octanol–water partition coefficient (Wildman–Crippen LogP) is 26.3. The third-order valence-electron chi connectivity index (χ3n) is 18.3. The molecule has 0 radical (unpaired) electrons. The fourth-order valence-electron chi connectivity index (χ4n) is 12.8. The molecule has 35 heteroatoms. The first-order chi connectivity index (χ1) is 54.6. The van der Waals surface area contributed by atoms with Gasteiger partial charge in [-0.1, -0.05) is 278 Å². The highest BCUT2D eigenvalue weighted by atomic mass is 35.5. The van der Waals surface area contributed by atoms with Crippen molar-refractivity contribution in [3.05, 3.63) is 66.3 Å². The summed E-state index contributed by atoms with van der Waals surface area (Å²) in [4.78, 5) is 66.0. The molecule has 1 aliphatic heterocycles. The lowest BCUT2D eigenvalue weighted by Gasteiger charge is -2.30. The van der Waals surface area contributed by atoms with E-state index in [1.807, 2.05) is 55.2 Å². The Hall–Kier alpha value is -3.17. The smallest absolute Gasteiger partial charge is 0.396 e. The van der Waals surface area contributed by atoms with Crippen LogP contribution in [0.2, 0.25) is 41.7 Å². The van der Waals surface area contributed by atoms with E-state index in [9.17, 15) is 13.5 Å². The van der Waals surface area contributed by atoms with Crippen molar-refractivity contribution in [1.29, 1.82) is 0 Å². The highest BCUT2D eigenvalue weighted by Crippen LogP contribution is 2.55. The number of aliphatic imine (C=N–C) groups is 1. The van der Waals surface area contributed by atoms with Gasteiger partial charge >= 0.3 is 15.6 Å². The lowest BCUT2D eigenvalue weighted by atomic mass is 10.0. The molecule has 0 saturated carbocycles. The van der Waals surface area contributed by atoms with E-state index in [0.717, 1.165) is 93.1 Å². The van der Waals surface area contributed by atoms with Gasteiger partial charge < -0.3 is 28.6 Å². The van der Waals surface area contributed by atoms with Gasteiger partial charge in [0.15, 0.2) is 38.2 Å². The Balaban J connectivity index is 0.000000334. The van der Waals surface area contributed by atoms with E-state index in [0.29, 0.717) is 69.4 Å². The molecule has 7 aromatic heterocycles. The first-order valence-corrected chi connectivity index (χ1v) is 46.8. The highest BCUT2D eigenvalue weighted by Gasteiger charge is 2.37. The molecule has 0 spiro atoms. The van der Waals surface area contributed by atoms with Crippen LogP contribution >= 0.6 is 108 Å².